The van der Waals surface area contributed by atoms with Crippen LogP contribution < -0.4 is 0 Å². The Labute approximate surface area is 155 Å². The number of carbonyl (C=O) groups is 2. The maximum atomic E-state index is 13.6. The van der Waals surface area contributed by atoms with Crippen LogP contribution in [0.25, 0.3) is 0 Å². The molecule has 0 saturated heterocycles. The van der Waals surface area contributed by atoms with Gasteiger partial charge >= 0.3 is 41.6 Å². The van der Waals surface area contributed by atoms with Crippen LogP contribution in [-0.2, 0) is 4.79 Å². The molecule has 1 rings (SSSR count). The number of rotatable bonds is 8. The summed E-state index contributed by atoms with van der Waals surface area (Å²) in [5.41, 5.74) is 0. The molecule has 0 spiro atoms. The maximum Gasteiger partial charge on any atom is 0.456 e. The summed E-state index contributed by atoms with van der Waals surface area (Å²) in [6.07, 6.45) is -9.76. The molecule has 0 aliphatic heterocycles. The van der Waals surface area contributed by atoms with Gasteiger partial charge in [-0.1, -0.05) is 6.07 Å². The van der Waals surface area contributed by atoms with E-state index < -0.39 is 58.7 Å². The van der Waals surface area contributed by atoms with Gasteiger partial charge in [-0.05, 0) is 11.4 Å². The van der Waals surface area contributed by atoms with Gasteiger partial charge < -0.3 is 0 Å². The monoisotopic (exact) mass is 472 g/mol. The number of halogens is 13. The minimum absolute atomic E-state index is 0.353. The number of alkyl halides is 13. The van der Waals surface area contributed by atoms with E-state index in [9.17, 15) is 66.7 Å². The van der Waals surface area contributed by atoms with E-state index in [0.29, 0.717) is 11.3 Å². The molecule has 0 N–H and O–H groups in total. The average Bonchev–Trinajstić information content (AvgIpc) is 3.06. The smallest absolute Gasteiger partial charge is 0.293 e. The fourth-order valence-electron chi connectivity index (χ4n) is 1.78. The number of ketones is 2. The Balaban J connectivity index is 3.38. The molecule has 0 aliphatic carbocycles. The van der Waals surface area contributed by atoms with Crippen molar-refractivity contribution >= 4 is 22.9 Å². The van der Waals surface area contributed by atoms with E-state index in [4.69, 9.17) is 0 Å². The lowest BCUT2D eigenvalue weighted by Crippen LogP contribution is -2.70. The molecule has 0 atom stereocenters. The first-order valence-corrected chi connectivity index (χ1v) is 7.60. The highest BCUT2D eigenvalue weighted by molar-refractivity contribution is 7.12. The van der Waals surface area contributed by atoms with Crippen LogP contribution in [0.15, 0.2) is 17.5 Å². The summed E-state index contributed by atoms with van der Waals surface area (Å²) in [5.74, 6) is -44.0. The normalized spacial score (nSPS) is 14.8. The maximum absolute atomic E-state index is 13.6. The van der Waals surface area contributed by atoms with Crippen LogP contribution >= 0.6 is 11.3 Å². The molecule has 166 valence electrons. The Morgan fingerprint density at radius 3 is 1.62 bits per heavy atom. The van der Waals surface area contributed by atoms with Crippen molar-refractivity contribution in [2.45, 2.75) is 42.2 Å². The number of Topliss-reactive ketones (excluding diaryl/α,β-unsaturated/α-hetero) is 2. The van der Waals surface area contributed by atoms with E-state index in [-0.39, 0.29) is 0 Å². The van der Waals surface area contributed by atoms with Gasteiger partial charge in [0, 0.05) is 0 Å². The van der Waals surface area contributed by atoms with Crippen molar-refractivity contribution in [1.29, 1.82) is 0 Å². The summed E-state index contributed by atoms with van der Waals surface area (Å²) in [4.78, 5) is 21.0. The molecule has 1 aromatic heterocycles. The average molecular weight is 472 g/mol. The summed E-state index contributed by atoms with van der Waals surface area (Å²) < 4.78 is 169. The second-order valence-electron chi connectivity index (χ2n) is 5.41. The number of hydrogen-bond donors (Lipinski definition) is 0. The summed E-state index contributed by atoms with van der Waals surface area (Å²) in [6, 6.07) is 1.78. The van der Waals surface area contributed by atoms with Gasteiger partial charge in [-0.25, -0.2) is 0 Å². The quantitative estimate of drug-likeness (QED) is 0.363. The van der Waals surface area contributed by atoms with Crippen LogP contribution in [0.4, 0.5) is 57.1 Å². The molecule has 2 nitrogen and oxygen atoms in total. The molecule has 0 saturated carbocycles. The third-order valence-corrected chi connectivity index (χ3v) is 4.27. The van der Waals surface area contributed by atoms with Crippen molar-refractivity contribution in [3.05, 3.63) is 22.4 Å². The predicted molar refractivity (Wildman–Crippen MR) is 69.1 cm³/mol. The third kappa shape index (κ3) is 3.94. The van der Waals surface area contributed by atoms with Crippen molar-refractivity contribution in [2.24, 2.45) is 0 Å². The van der Waals surface area contributed by atoms with Gasteiger partial charge in [0.05, 0.1) is 11.3 Å². The highest BCUT2D eigenvalue weighted by Crippen LogP contribution is 2.58. The first-order chi connectivity index (χ1) is 12.6. The minimum Gasteiger partial charge on any atom is -0.293 e. The number of carbonyl (C=O) groups excluding carboxylic acids is 2. The van der Waals surface area contributed by atoms with Gasteiger partial charge in [-0.15, -0.1) is 11.3 Å². The van der Waals surface area contributed by atoms with Crippen LogP contribution in [0, 0.1) is 0 Å². The molecular formula is C13H5F13O2S. The molecule has 0 unspecified atom stereocenters. The Morgan fingerprint density at radius 1 is 0.759 bits per heavy atom. The highest BCUT2D eigenvalue weighted by Gasteiger charge is 2.88. The zero-order chi connectivity index (χ0) is 23.3. The van der Waals surface area contributed by atoms with Crippen molar-refractivity contribution in [3.63, 3.8) is 0 Å². The summed E-state index contributed by atoms with van der Waals surface area (Å²) in [5, 5.41) is 1.05. The van der Waals surface area contributed by atoms with E-state index in [1.807, 2.05) is 0 Å². The molecule has 16 heteroatoms. The van der Waals surface area contributed by atoms with E-state index in [1.165, 1.54) is 0 Å². The van der Waals surface area contributed by atoms with Crippen molar-refractivity contribution in [2.75, 3.05) is 0 Å². The van der Waals surface area contributed by atoms with Gasteiger partial charge in [0.2, 0.25) is 0 Å². The second-order valence-corrected chi connectivity index (χ2v) is 6.35. The standard InChI is InChI=1S/C13H5F13O2S/c14-8(15,4-5(27)6-2-1-3-29-6)11(21,22)13(25,26)12(23,24)9(16,17)7(28)10(18,19)20/h1-3H,4H2. The fourth-order valence-corrected chi connectivity index (χ4v) is 2.45. The largest absolute Gasteiger partial charge is 0.456 e. The van der Waals surface area contributed by atoms with E-state index in [1.54, 1.807) is 0 Å². The summed E-state index contributed by atoms with van der Waals surface area (Å²) >= 11 is 0.353. The lowest BCUT2D eigenvalue weighted by atomic mass is 9.90. The van der Waals surface area contributed by atoms with Gasteiger partial charge in [0.25, 0.3) is 0 Å². The topological polar surface area (TPSA) is 34.1 Å². The molecule has 29 heavy (non-hydrogen) atoms. The van der Waals surface area contributed by atoms with Crippen LogP contribution in [0.5, 0.6) is 0 Å². The van der Waals surface area contributed by atoms with Crippen molar-refractivity contribution in [3.8, 4) is 0 Å². The Kier molecular flexibility index (Phi) is 6.18. The Bertz CT molecular complexity index is 764. The van der Waals surface area contributed by atoms with E-state index in [2.05, 4.69) is 0 Å². The minimum atomic E-state index is -7.91. The first kappa shape index (κ1) is 25.2. The molecule has 0 bridgehead atoms. The van der Waals surface area contributed by atoms with E-state index in [0.717, 1.165) is 17.5 Å². The Hall–Kier alpha value is -1.87. The summed E-state index contributed by atoms with van der Waals surface area (Å²) in [6.45, 7) is 0. The summed E-state index contributed by atoms with van der Waals surface area (Å²) in [7, 11) is 0. The number of hydrogen-bond acceptors (Lipinski definition) is 3. The van der Waals surface area contributed by atoms with Crippen molar-refractivity contribution in [1.82, 2.24) is 0 Å². The van der Waals surface area contributed by atoms with Gasteiger partial charge in [0.15, 0.2) is 5.78 Å². The molecule has 0 aliphatic rings. The number of thiophene rings is 1. The SMILES string of the molecule is O=C(CC(F)(F)C(F)(F)C(F)(F)C(F)(F)C(F)(F)C(=O)C(F)(F)F)c1cccs1. The van der Waals surface area contributed by atoms with Crippen LogP contribution in [0.3, 0.4) is 0 Å². The second kappa shape index (κ2) is 7.12. The third-order valence-electron chi connectivity index (χ3n) is 3.36. The predicted octanol–water partition coefficient (Wildman–Crippen LogP) is 5.63. The van der Waals surface area contributed by atoms with Crippen LogP contribution in [0.1, 0.15) is 16.1 Å². The van der Waals surface area contributed by atoms with Crippen LogP contribution in [0.2, 0.25) is 0 Å². The van der Waals surface area contributed by atoms with Gasteiger partial charge in [-0.3, -0.25) is 9.59 Å². The first-order valence-electron chi connectivity index (χ1n) is 6.72. The molecule has 0 aromatic carbocycles. The molecule has 0 amide bonds. The van der Waals surface area contributed by atoms with Gasteiger partial charge in [-0.2, -0.15) is 57.1 Å². The molecule has 1 aromatic rings. The van der Waals surface area contributed by atoms with Crippen molar-refractivity contribution < 1.29 is 66.7 Å². The van der Waals surface area contributed by atoms with E-state index >= 15 is 0 Å². The fraction of sp³-hybridized carbons (Fsp3) is 0.538. The zero-order valence-electron chi connectivity index (χ0n) is 13.1. The zero-order valence-corrected chi connectivity index (χ0v) is 13.9. The lowest BCUT2D eigenvalue weighted by Gasteiger charge is -2.38. The highest BCUT2D eigenvalue weighted by atomic mass is 32.1. The van der Waals surface area contributed by atoms with Crippen LogP contribution in [-0.4, -0.2) is 47.4 Å². The molecule has 0 radical (unpaired) electrons. The molecular weight excluding hydrogens is 467 g/mol. The lowest BCUT2D eigenvalue weighted by molar-refractivity contribution is -0.395. The Morgan fingerprint density at radius 2 is 1.24 bits per heavy atom. The van der Waals surface area contributed by atoms with Gasteiger partial charge in [0.1, 0.15) is 0 Å². The molecule has 1 heterocycles. The molecule has 0 fully saturated rings.